The predicted molar refractivity (Wildman–Crippen MR) is 163 cm³/mol. The second-order valence-electron chi connectivity index (χ2n) is 11.3. The molecule has 10 nitrogen and oxygen atoms in total. The van der Waals surface area contributed by atoms with E-state index in [1.165, 1.54) is 35.2 Å². The number of nitrogens with one attached hydrogen (secondary N) is 1. The molecular formula is C31H30FN5O5S. The summed E-state index contributed by atoms with van der Waals surface area (Å²) in [5, 5.41) is 18.0. The Morgan fingerprint density at radius 3 is 2.40 bits per heavy atom. The zero-order valence-electron chi connectivity index (χ0n) is 24.2. The summed E-state index contributed by atoms with van der Waals surface area (Å²) in [5.74, 6) is -0.404. The summed E-state index contributed by atoms with van der Waals surface area (Å²) in [4.78, 5) is 30.6. The summed E-state index contributed by atoms with van der Waals surface area (Å²) in [7, 11) is -1.88. The van der Waals surface area contributed by atoms with Crippen LogP contribution in [-0.2, 0) is 28.9 Å². The highest BCUT2D eigenvalue weighted by atomic mass is 32.2. The Balaban J connectivity index is 1.61. The maximum Gasteiger partial charge on any atom is 0.282 e. The van der Waals surface area contributed by atoms with Crippen LogP contribution in [0.25, 0.3) is 27.6 Å². The van der Waals surface area contributed by atoms with Crippen LogP contribution in [0.2, 0.25) is 0 Å². The molecule has 0 aliphatic carbocycles. The number of aryl methyl sites for hydroxylation is 1. The zero-order chi connectivity index (χ0) is 31.3. The Morgan fingerprint density at radius 1 is 1.02 bits per heavy atom. The summed E-state index contributed by atoms with van der Waals surface area (Å²) < 4.78 is 41.2. The maximum absolute atomic E-state index is 15.3. The number of sulfone groups is 1. The molecule has 0 saturated heterocycles. The molecule has 0 saturated carbocycles. The second kappa shape index (κ2) is 10.9. The quantitative estimate of drug-likeness (QED) is 0.295. The molecule has 43 heavy (non-hydrogen) atoms. The first-order valence-electron chi connectivity index (χ1n) is 13.3. The number of hydrogen-bond donors (Lipinski definition) is 2. The van der Waals surface area contributed by atoms with Crippen LogP contribution in [-0.4, -0.2) is 39.1 Å². The third kappa shape index (κ3) is 5.71. The molecule has 0 radical (unpaired) electrons. The van der Waals surface area contributed by atoms with Gasteiger partial charge in [-0.05, 0) is 52.9 Å². The van der Waals surface area contributed by atoms with Crippen LogP contribution >= 0.6 is 0 Å². The zero-order valence-corrected chi connectivity index (χ0v) is 25.0. The molecular weight excluding hydrogens is 573 g/mol. The lowest BCUT2D eigenvalue weighted by molar-refractivity contribution is 0.282. The van der Waals surface area contributed by atoms with Crippen molar-refractivity contribution in [3.8, 4) is 16.8 Å². The lowest BCUT2D eigenvalue weighted by Gasteiger charge is -2.20. The van der Waals surface area contributed by atoms with Gasteiger partial charge in [-0.25, -0.2) is 17.8 Å². The van der Waals surface area contributed by atoms with Gasteiger partial charge in [-0.2, -0.15) is 9.78 Å². The molecule has 0 unspecified atom stereocenters. The van der Waals surface area contributed by atoms with Gasteiger partial charge in [0.2, 0.25) is 0 Å². The largest absolute Gasteiger partial charge is 0.392 e. The van der Waals surface area contributed by atoms with E-state index in [2.05, 4.69) is 15.4 Å². The molecule has 0 fully saturated rings. The number of aliphatic hydroxyl groups is 1. The van der Waals surface area contributed by atoms with Gasteiger partial charge in [0.05, 0.1) is 28.8 Å². The van der Waals surface area contributed by atoms with Crippen molar-refractivity contribution in [3.05, 3.63) is 105 Å². The molecule has 0 spiro atoms. The predicted octanol–water partition coefficient (Wildman–Crippen LogP) is 4.22. The van der Waals surface area contributed by atoms with Crippen LogP contribution in [0.5, 0.6) is 0 Å². The molecule has 3 heterocycles. The van der Waals surface area contributed by atoms with E-state index < -0.39 is 27.8 Å². The van der Waals surface area contributed by atoms with E-state index in [0.717, 1.165) is 16.5 Å². The molecule has 222 valence electrons. The van der Waals surface area contributed by atoms with E-state index in [1.54, 1.807) is 43.6 Å². The van der Waals surface area contributed by atoms with Gasteiger partial charge in [-0.1, -0.05) is 32.9 Å². The van der Waals surface area contributed by atoms with Crippen molar-refractivity contribution in [2.24, 2.45) is 7.05 Å². The third-order valence-corrected chi connectivity index (χ3v) is 8.26. The summed E-state index contributed by atoms with van der Waals surface area (Å²) in [6.45, 7) is 5.37. The second-order valence-corrected chi connectivity index (χ2v) is 13.3. The Hall–Kier alpha value is -4.68. The van der Waals surface area contributed by atoms with E-state index in [-0.39, 0.29) is 38.4 Å². The number of halogens is 1. The average molecular weight is 604 g/mol. The van der Waals surface area contributed by atoms with Gasteiger partial charge in [0.25, 0.3) is 11.1 Å². The standard InChI is InChI=1S/C31H30FN5O5S/c1-31(2,3)20-11-18-14-34-37(30(40)28(18)24(32)13-20)26-8-6-7-22(23(26)17-38)19-12-25(29(39)36(4)16-19)35-27-10-9-21(15-33-27)43(5,41)42/h6-16,38H,17H2,1-5H3,(H,33,35). The fourth-order valence-electron chi connectivity index (χ4n) is 4.81. The van der Waals surface area contributed by atoms with Gasteiger partial charge in [-0.15, -0.1) is 0 Å². The van der Waals surface area contributed by atoms with Crippen LogP contribution in [0, 0.1) is 5.82 Å². The van der Waals surface area contributed by atoms with Crippen molar-refractivity contribution in [2.75, 3.05) is 11.6 Å². The smallest absolute Gasteiger partial charge is 0.282 e. The fraction of sp³-hybridized carbons (Fsp3) is 0.226. The minimum atomic E-state index is -3.44. The first-order valence-corrected chi connectivity index (χ1v) is 15.2. The molecule has 0 aliphatic heterocycles. The van der Waals surface area contributed by atoms with Crippen molar-refractivity contribution < 1.29 is 17.9 Å². The Morgan fingerprint density at radius 2 is 1.77 bits per heavy atom. The van der Waals surface area contributed by atoms with Crippen LogP contribution < -0.4 is 16.4 Å². The Bertz CT molecular complexity index is 2120. The molecule has 0 bridgehead atoms. The van der Waals surface area contributed by atoms with Crippen LogP contribution in [0.15, 0.2) is 81.6 Å². The molecule has 2 N–H and O–H groups in total. The van der Waals surface area contributed by atoms with Crippen molar-refractivity contribution in [3.63, 3.8) is 0 Å². The highest BCUT2D eigenvalue weighted by Crippen LogP contribution is 2.31. The summed E-state index contributed by atoms with van der Waals surface area (Å²) >= 11 is 0. The van der Waals surface area contributed by atoms with Gasteiger partial charge < -0.3 is 15.0 Å². The van der Waals surface area contributed by atoms with E-state index in [4.69, 9.17) is 0 Å². The van der Waals surface area contributed by atoms with Gasteiger partial charge in [0, 0.05) is 42.2 Å². The van der Waals surface area contributed by atoms with Crippen LogP contribution in [0.3, 0.4) is 0 Å². The molecule has 5 rings (SSSR count). The van der Waals surface area contributed by atoms with Gasteiger partial charge in [0.1, 0.15) is 17.3 Å². The maximum atomic E-state index is 15.3. The number of hydrogen-bond acceptors (Lipinski definition) is 8. The molecule has 5 aromatic rings. The first-order chi connectivity index (χ1) is 20.2. The first kappa shape index (κ1) is 29.8. The lowest BCUT2D eigenvalue weighted by Crippen LogP contribution is -2.24. The van der Waals surface area contributed by atoms with Gasteiger partial charge >= 0.3 is 0 Å². The number of fused-ring (bicyclic) bond motifs is 1. The van der Waals surface area contributed by atoms with Crippen LogP contribution in [0.4, 0.5) is 15.9 Å². The number of pyridine rings is 2. The average Bonchev–Trinajstić information content (AvgIpc) is 2.94. The normalized spacial score (nSPS) is 12.1. The highest BCUT2D eigenvalue weighted by Gasteiger charge is 2.21. The lowest BCUT2D eigenvalue weighted by atomic mass is 9.86. The molecule has 0 atom stereocenters. The van der Waals surface area contributed by atoms with Crippen molar-refractivity contribution in [1.82, 2.24) is 19.3 Å². The number of aliphatic hydroxyl groups excluding tert-OH is 1. The van der Waals surface area contributed by atoms with E-state index in [0.29, 0.717) is 22.1 Å². The number of rotatable bonds is 6. The monoisotopic (exact) mass is 603 g/mol. The van der Waals surface area contributed by atoms with Crippen molar-refractivity contribution in [1.29, 1.82) is 0 Å². The van der Waals surface area contributed by atoms with Crippen molar-refractivity contribution >= 4 is 32.1 Å². The molecule has 0 amide bonds. The minimum absolute atomic E-state index is 0.0381. The van der Waals surface area contributed by atoms with E-state index in [1.807, 2.05) is 20.8 Å². The SMILES string of the molecule is Cn1cc(-c2cccc(-n3ncc4cc(C(C)(C)C)cc(F)c4c3=O)c2CO)cc(Nc2ccc(S(C)(=O)=O)cn2)c1=O. The fourth-order valence-corrected chi connectivity index (χ4v) is 5.37. The Kier molecular flexibility index (Phi) is 7.53. The molecule has 12 heteroatoms. The minimum Gasteiger partial charge on any atom is -0.392 e. The van der Waals surface area contributed by atoms with Crippen molar-refractivity contribution in [2.45, 2.75) is 37.7 Å². The summed E-state index contributed by atoms with van der Waals surface area (Å²) in [6.07, 6.45) is 5.28. The van der Waals surface area contributed by atoms with Crippen LogP contribution in [0.1, 0.15) is 31.9 Å². The molecule has 2 aromatic carbocycles. The Labute approximate surface area is 247 Å². The molecule has 3 aromatic heterocycles. The molecule has 0 aliphatic rings. The third-order valence-electron chi connectivity index (χ3n) is 7.16. The highest BCUT2D eigenvalue weighted by molar-refractivity contribution is 7.90. The number of aromatic nitrogens is 4. The number of anilines is 2. The van der Waals surface area contributed by atoms with Gasteiger partial charge in [0.15, 0.2) is 9.84 Å². The topological polar surface area (TPSA) is 136 Å². The van der Waals surface area contributed by atoms with E-state index in [9.17, 15) is 23.1 Å². The van der Waals surface area contributed by atoms with Gasteiger partial charge in [-0.3, -0.25) is 9.59 Å². The number of nitrogens with zero attached hydrogens (tertiary/aromatic N) is 4. The summed E-state index contributed by atoms with van der Waals surface area (Å²) in [6, 6.07) is 12.5. The van der Waals surface area contributed by atoms with E-state index >= 15 is 4.39 Å². The number of benzene rings is 2. The summed E-state index contributed by atoms with van der Waals surface area (Å²) in [5.41, 5.74) is 1.12.